The minimum Gasteiger partial charge on any atom is -0.484 e. The van der Waals surface area contributed by atoms with Crippen molar-refractivity contribution in [2.75, 3.05) is 13.2 Å². The first kappa shape index (κ1) is 14.3. The van der Waals surface area contributed by atoms with E-state index in [4.69, 9.17) is 10.5 Å². The third kappa shape index (κ3) is 4.24. The van der Waals surface area contributed by atoms with Gasteiger partial charge in [0, 0.05) is 25.6 Å². The molecule has 1 aliphatic heterocycles. The van der Waals surface area contributed by atoms with Crippen molar-refractivity contribution in [3.8, 4) is 5.75 Å². The Morgan fingerprint density at radius 1 is 1.40 bits per heavy atom. The molecule has 2 rings (SSSR count). The molecule has 1 aromatic carbocycles. The predicted molar refractivity (Wildman–Crippen MR) is 74.0 cm³/mol. The molecule has 0 spiro atoms. The lowest BCUT2D eigenvalue weighted by atomic mass is 10.2. The number of carbonyl (C=O) groups is 2. The molecule has 1 aromatic rings. The second-order valence-corrected chi connectivity index (χ2v) is 4.74. The summed E-state index contributed by atoms with van der Waals surface area (Å²) in [5, 5.41) is 5.53. The van der Waals surface area contributed by atoms with Crippen LogP contribution in [0.25, 0.3) is 0 Å². The minimum atomic E-state index is -0.200. The molecule has 1 heterocycles. The Hall–Kier alpha value is -2.08. The van der Waals surface area contributed by atoms with Crippen LogP contribution in [0.4, 0.5) is 0 Å². The van der Waals surface area contributed by atoms with E-state index >= 15 is 0 Å². The summed E-state index contributed by atoms with van der Waals surface area (Å²) < 4.78 is 5.36. The molecular weight excluding hydrogens is 258 g/mol. The summed E-state index contributed by atoms with van der Waals surface area (Å²) in [7, 11) is 0. The Bertz CT molecular complexity index is 473. The van der Waals surface area contributed by atoms with Gasteiger partial charge >= 0.3 is 0 Å². The molecule has 6 heteroatoms. The monoisotopic (exact) mass is 277 g/mol. The number of rotatable bonds is 6. The number of hydrogen-bond donors (Lipinski definition) is 3. The zero-order valence-electron chi connectivity index (χ0n) is 11.2. The molecule has 2 amide bonds. The van der Waals surface area contributed by atoms with Crippen LogP contribution < -0.4 is 21.1 Å². The molecule has 1 saturated heterocycles. The summed E-state index contributed by atoms with van der Waals surface area (Å²) in [5.74, 6) is 0.473. The van der Waals surface area contributed by atoms with Crippen LogP contribution in [0.1, 0.15) is 18.4 Å². The van der Waals surface area contributed by atoms with Crippen molar-refractivity contribution in [1.29, 1.82) is 0 Å². The van der Waals surface area contributed by atoms with E-state index in [0.717, 1.165) is 12.0 Å². The fourth-order valence-electron chi connectivity index (χ4n) is 1.99. The average Bonchev–Trinajstić information content (AvgIpc) is 2.89. The Morgan fingerprint density at radius 3 is 2.75 bits per heavy atom. The third-order valence-electron chi connectivity index (χ3n) is 3.16. The van der Waals surface area contributed by atoms with Gasteiger partial charge in [-0.05, 0) is 24.1 Å². The van der Waals surface area contributed by atoms with E-state index in [1.165, 1.54) is 0 Å². The van der Waals surface area contributed by atoms with Crippen molar-refractivity contribution >= 4 is 11.8 Å². The standard InChI is InChI=1S/C14H19N3O3/c15-7-10-1-4-12(5-2-10)20-9-14(19)16-8-11-3-6-13(18)17-11/h1-2,4-5,11H,3,6-9,15H2,(H,16,19)(H,17,18). The number of benzene rings is 1. The molecule has 6 nitrogen and oxygen atoms in total. The molecule has 0 bridgehead atoms. The molecule has 1 aliphatic rings. The van der Waals surface area contributed by atoms with Gasteiger partial charge in [-0.1, -0.05) is 12.1 Å². The highest BCUT2D eigenvalue weighted by Crippen LogP contribution is 2.11. The van der Waals surface area contributed by atoms with E-state index < -0.39 is 0 Å². The smallest absolute Gasteiger partial charge is 0.258 e. The maximum atomic E-state index is 11.6. The van der Waals surface area contributed by atoms with Gasteiger partial charge < -0.3 is 21.1 Å². The predicted octanol–water partition coefficient (Wildman–Crippen LogP) is -0.0811. The van der Waals surface area contributed by atoms with Crippen LogP contribution in [0.3, 0.4) is 0 Å². The lowest BCUT2D eigenvalue weighted by Gasteiger charge is -2.12. The molecule has 1 unspecified atom stereocenters. The normalized spacial score (nSPS) is 17.6. The SMILES string of the molecule is NCc1ccc(OCC(=O)NCC2CCC(=O)N2)cc1. The molecule has 0 radical (unpaired) electrons. The van der Waals surface area contributed by atoms with Gasteiger partial charge in [-0.25, -0.2) is 0 Å². The highest BCUT2D eigenvalue weighted by molar-refractivity contribution is 5.79. The van der Waals surface area contributed by atoms with Crippen molar-refractivity contribution in [1.82, 2.24) is 10.6 Å². The summed E-state index contributed by atoms with van der Waals surface area (Å²) in [5.41, 5.74) is 6.51. The summed E-state index contributed by atoms with van der Waals surface area (Å²) >= 11 is 0. The van der Waals surface area contributed by atoms with E-state index in [9.17, 15) is 9.59 Å². The lowest BCUT2D eigenvalue weighted by molar-refractivity contribution is -0.123. The molecule has 0 saturated carbocycles. The maximum absolute atomic E-state index is 11.6. The molecule has 1 atom stereocenters. The van der Waals surface area contributed by atoms with Gasteiger partial charge in [0.05, 0.1) is 0 Å². The lowest BCUT2D eigenvalue weighted by Crippen LogP contribution is -2.40. The number of ether oxygens (including phenoxy) is 1. The van der Waals surface area contributed by atoms with Crippen LogP contribution in [-0.4, -0.2) is 31.0 Å². The zero-order chi connectivity index (χ0) is 14.4. The van der Waals surface area contributed by atoms with E-state index in [0.29, 0.717) is 25.3 Å². The summed E-state index contributed by atoms with van der Waals surface area (Å²) in [6.07, 6.45) is 1.30. The van der Waals surface area contributed by atoms with E-state index in [1.54, 1.807) is 12.1 Å². The Morgan fingerprint density at radius 2 is 2.15 bits per heavy atom. The van der Waals surface area contributed by atoms with Gasteiger partial charge in [0.25, 0.3) is 5.91 Å². The molecule has 20 heavy (non-hydrogen) atoms. The quantitative estimate of drug-likeness (QED) is 0.678. The van der Waals surface area contributed by atoms with Crippen LogP contribution in [0, 0.1) is 0 Å². The van der Waals surface area contributed by atoms with E-state index in [1.807, 2.05) is 12.1 Å². The average molecular weight is 277 g/mol. The number of nitrogens with two attached hydrogens (primary N) is 1. The first-order valence-electron chi connectivity index (χ1n) is 6.65. The minimum absolute atomic E-state index is 0.0373. The fourth-order valence-corrected chi connectivity index (χ4v) is 1.99. The second-order valence-electron chi connectivity index (χ2n) is 4.74. The molecule has 0 aromatic heterocycles. The molecule has 1 fully saturated rings. The first-order valence-corrected chi connectivity index (χ1v) is 6.65. The Balaban J connectivity index is 1.67. The van der Waals surface area contributed by atoms with Gasteiger partial charge in [0.2, 0.25) is 5.91 Å². The van der Waals surface area contributed by atoms with Gasteiger partial charge in [0.1, 0.15) is 5.75 Å². The highest BCUT2D eigenvalue weighted by atomic mass is 16.5. The maximum Gasteiger partial charge on any atom is 0.258 e. The highest BCUT2D eigenvalue weighted by Gasteiger charge is 2.20. The zero-order valence-corrected chi connectivity index (χ0v) is 11.2. The Kier molecular flexibility index (Phi) is 4.95. The van der Waals surface area contributed by atoms with Crippen molar-refractivity contribution in [2.45, 2.75) is 25.4 Å². The number of hydrogen-bond acceptors (Lipinski definition) is 4. The van der Waals surface area contributed by atoms with Gasteiger partial charge in [-0.3, -0.25) is 9.59 Å². The van der Waals surface area contributed by atoms with Crippen molar-refractivity contribution in [2.24, 2.45) is 5.73 Å². The van der Waals surface area contributed by atoms with E-state index in [-0.39, 0.29) is 24.5 Å². The number of carbonyl (C=O) groups excluding carboxylic acids is 2. The Labute approximate surface area is 117 Å². The fraction of sp³-hybridized carbons (Fsp3) is 0.429. The van der Waals surface area contributed by atoms with Crippen molar-refractivity contribution in [3.05, 3.63) is 29.8 Å². The largest absolute Gasteiger partial charge is 0.484 e. The van der Waals surface area contributed by atoms with E-state index in [2.05, 4.69) is 10.6 Å². The van der Waals surface area contributed by atoms with Crippen molar-refractivity contribution < 1.29 is 14.3 Å². The number of amides is 2. The molecular formula is C14H19N3O3. The van der Waals surface area contributed by atoms with Gasteiger partial charge in [0.15, 0.2) is 6.61 Å². The molecule has 4 N–H and O–H groups in total. The second kappa shape index (κ2) is 6.91. The van der Waals surface area contributed by atoms with Gasteiger partial charge in [-0.2, -0.15) is 0 Å². The van der Waals surface area contributed by atoms with Crippen LogP contribution in [0.15, 0.2) is 24.3 Å². The first-order chi connectivity index (χ1) is 9.67. The van der Waals surface area contributed by atoms with Crippen LogP contribution >= 0.6 is 0 Å². The molecule has 108 valence electrons. The molecule has 0 aliphatic carbocycles. The van der Waals surface area contributed by atoms with Crippen LogP contribution in [-0.2, 0) is 16.1 Å². The van der Waals surface area contributed by atoms with Crippen LogP contribution in [0.2, 0.25) is 0 Å². The van der Waals surface area contributed by atoms with Gasteiger partial charge in [-0.15, -0.1) is 0 Å². The summed E-state index contributed by atoms with van der Waals surface area (Å²) in [6, 6.07) is 7.33. The number of nitrogens with one attached hydrogen (secondary N) is 2. The summed E-state index contributed by atoms with van der Waals surface area (Å²) in [4.78, 5) is 22.6. The van der Waals surface area contributed by atoms with Crippen LogP contribution in [0.5, 0.6) is 5.75 Å². The third-order valence-corrected chi connectivity index (χ3v) is 3.16. The van der Waals surface area contributed by atoms with Crippen molar-refractivity contribution in [3.63, 3.8) is 0 Å². The topological polar surface area (TPSA) is 93.4 Å². The summed E-state index contributed by atoms with van der Waals surface area (Å²) in [6.45, 7) is 0.885.